The van der Waals surface area contributed by atoms with Crippen molar-refractivity contribution in [1.82, 2.24) is 0 Å². The number of carbonyl (C=O) groups is 1. The first-order chi connectivity index (χ1) is 5.33. The van der Waals surface area contributed by atoms with E-state index in [-0.39, 0.29) is 12.1 Å². The summed E-state index contributed by atoms with van der Waals surface area (Å²) in [7, 11) is 0. The fraction of sp³-hybridized carbons (Fsp3) is 0.667. The van der Waals surface area contributed by atoms with E-state index in [1.54, 1.807) is 0 Å². The van der Waals surface area contributed by atoms with E-state index in [0.29, 0.717) is 0 Å². The van der Waals surface area contributed by atoms with Gasteiger partial charge in [0, 0.05) is 12.5 Å². The van der Waals surface area contributed by atoms with Crippen LogP contribution in [0.1, 0.15) is 32.6 Å². The number of hydrogen-bond donors (Lipinski definition) is 0. The summed E-state index contributed by atoms with van der Waals surface area (Å²) in [6.45, 7) is 2.14. The molecule has 1 heterocycles. The van der Waals surface area contributed by atoms with Crippen molar-refractivity contribution in [3.63, 3.8) is 0 Å². The molecule has 0 bridgehead atoms. The molecular weight excluding hydrogens is 140 g/mol. The highest BCUT2D eigenvalue weighted by Gasteiger charge is 2.14. The van der Waals surface area contributed by atoms with Crippen LogP contribution in [0.2, 0.25) is 0 Å². The van der Waals surface area contributed by atoms with E-state index in [1.807, 2.05) is 6.08 Å². The van der Waals surface area contributed by atoms with Crippen LogP contribution in [0, 0.1) is 0 Å². The largest absolute Gasteiger partial charge is 0.459 e. The highest BCUT2D eigenvalue weighted by Crippen LogP contribution is 2.13. The number of unbranched alkanes of at least 4 members (excludes halogenated alkanes) is 1. The first kappa shape index (κ1) is 8.31. The van der Waals surface area contributed by atoms with Crippen molar-refractivity contribution in [3.8, 4) is 0 Å². The van der Waals surface area contributed by atoms with E-state index < -0.39 is 0 Å². The molecule has 0 aliphatic carbocycles. The minimum atomic E-state index is -0.183. The fourth-order valence-corrected chi connectivity index (χ4v) is 1.18. The molecule has 0 N–H and O–H groups in total. The molecule has 0 saturated carbocycles. The minimum absolute atomic E-state index is 0.146. The molecule has 1 aliphatic rings. The molecular formula is C9H14O2. The van der Waals surface area contributed by atoms with Crippen molar-refractivity contribution in [1.29, 1.82) is 0 Å². The molecule has 0 saturated heterocycles. The van der Waals surface area contributed by atoms with Crippen LogP contribution in [0.15, 0.2) is 12.2 Å². The Labute approximate surface area is 67.2 Å². The van der Waals surface area contributed by atoms with E-state index in [0.717, 1.165) is 25.7 Å². The van der Waals surface area contributed by atoms with Gasteiger partial charge in [0.05, 0.1) is 0 Å². The maximum absolute atomic E-state index is 10.7. The second-order valence-corrected chi connectivity index (χ2v) is 2.84. The monoisotopic (exact) mass is 154 g/mol. The van der Waals surface area contributed by atoms with Crippen LogP contribution < -0.4 is 0 Å². The van der Waals surface area contributed by atoms with Crippen molar-refractivity contribution in [2.45, 2.75) is 38.7 Å². The zero-order valence-corrected chi connectivity index (χ0v) is 6.88. The number of rotatable bonds is 3. The molecule has 0 fully saturated rings. The third kappa shape index (κ3) is 2.74. The molecule has 1 atom stereocenters. The van der Waals surface area contributed by atoms with Crippen molar-refractivity contribution >= 4 is 5.97 Å². The van der Waals surface area contributed by atoms with Crippen molar-refractivity contribution in [3.05, 3.63) is 12.2 Å². The van der Waals surface area contributed by atoms with Gasteiger partial charge in [-0.05, 0) is 6.42 Å². The maximum atomic E-state index is 10.7. The Bertz CT molecular complexity index is 161. The molecule has 0 amide bonds. The zero-order valence-electron chi connectivity index (χ0n) is 6.88. The summed E-state index contributed by atoms with van der Waals surface area (Å²) in [4.78, 5) is 10.7. The predicted molar refractivity (Wildman–Crippen MR) is 43.2 cm³/mol. The normalized spacial score (nSPS) is 23.4. The van der Waals surface area contributed by atoms with Crippen molar-refractivity contribution in [2.75, 3.05) is 0 Å². The van der Waals surface area contributed by atoms with Gasteiger partial charge in [-0.3, -0.25) is 0 Å². The highest BCUT2D eigenvalue weighted by atomic mass is 16.5. The van der Waals surface area contributed by atoms with Crippen molar-refractivity contribution < 1.29 is 9.53 Å². The summed E-state index contributed by atoms with van der Waals surface area (Å²) in [6.07, 6.45) is 7.75. The van der Waals surface area contributed by atoms with Gasteiger partial charge < -0.3 is 4.74 Å². The molecule has 0 radical (unpaired) electrons. The Kier molecular flexibility index (Phi) is 3.14. The Hall–Kier alpha value is -0.790. The van der Waals surface area contributed by atoms with Gasteiger partial charge in [-0.1, -0.05) is 25.8 Å². The molecule has 2 heteroatoms. The topological polar surface area (TPSA) is 26.3 Å². The van der Waals surface area contributed by atoms with Gasteiger partial charge in [0.1, 0.15) is 6.10 Å². The van der Waals surface area contributed by atoms with Crippen LogP contribution in [0.5, 0.6) is 0 Å². The second kappa shape index (κ2) is 4.16. The molecule has 62 valence electrons. The van der Waals surface area contributed by atoms with Crippen molar-refractivity contribution in [2.24, 2.45) is 0 Å². The van der Waals surface area contributed by atoms with Crippen LogP contribution in [-0.2, 0) is 9.53 Å². The van der Waals surface area contributed by atoms with E-state index in [1.165, 1.54) is 6.08 Å². The molecule has 1 unspecified atom stereocenters. The van der Waals surface area contributed by atoms with E-state index >= 15 is 0 Å². The lowest BCUT2D eigenvalue weighted by Gasteiger charge is -2.17. The van der Waals surface area contributed by atoms with Crippen LogP contribution in [-0.4, -0.2) is 12.1 Å². The standard InChI is InChI=1S/C9H14O2/c1-2-3-5-8-6-4-7-9(10)11-8/h4,7-8H,2-3,5-6H2,1H3. The molecule has 2 nitrogen and oxygen atoms in total. The van der Waals surface area contributed by atoms with Gasteiger partial charge in [-0.15, -0.1) is 0 Å². The summed E-state index contributed by atoms with van der Waals surface area (Å²) in [5.74, 6) is -0.183. The molecule has 1 rings (SSSR count). The fourth-order valence-electron chi connectivity index (χ4n) is 1.18. The van der Waals surface area contributed by atoms with E-state index in [4.69, 9.17) is 4.74 Å². The summed E-state index contributed by atoms with van der Waals surface area (Å²) in [6, 6.07) is 0. The van der Waals surface area contributed by atoms with Crippen LogP contribution in [0.4, 0.5) is 0 Å². The number of carbonyl (C=O) groups excluding carboxylic acids is 1. The highest BCUT2D eigenvalue weighted by molar-refractivity contribution is 5.82. The summed E-state index contributed by atoms with van der Waals surface area (Å²) in [5, 5.41) is 0. The minimum Gasteiger partial charge on any atom is -0.459 e. The second-order valence-electron chi connectivity index (χ2n) is 2.84. The number of ether oxygens (including phenoxy) is 1. The van der Waals surface area contributed by atoms with Crippen LogP contribution in [0.25, 0.3) is 0 Å². The van der Waals surface area contributed by atoms with Gasteiger partial charge in [-0.2, -0.15) is 0 Å². The quantitative estimate of drug-likeness (QED) is 0.581. The molecule has 0 aromatic rings. The number of hydrogen-bond acceptors (Lipinski definition) is 2. The Balaban J connectivity index is 2.26. The first-order valence-electron chi connectivity index (χ1n) is 4.20. The average molecular weight is 154 g/mol. The molecule has 0 aromatic carbocycles. The number of esters is 1. The van der Waals surface area contributed by atoms with E-state index in [2.05, 4.69) is 6.92 Å². The van der Waals surface area contributed by atoms with Gasteiger partial charge >= 0.3 is 5.97 Å². The lowest BCUT2D eigenvalue weighted by atomic mass is 10.1. The van der Waals surface area contributed by atoms with Gasteiger partial charge in [0.25, 0.3) is 0 Å². The predicted octanol–water partition coefficient (Wildman–Crippen LogP) is 2.05. The van der Waals surface area contributed by atoms with E-state index in [9.17, 15) is 4.79 Å². The zero-order chi connectivity index (χ0) is 8.10. The molecule has 0 spiro atoms. The summed E-state index contributed by atoms with van der Waals surface area (Å²) in [5.41, 5.74) is 0. The van der Waals surface area contributed by atoms with Gasteiger partial charge in [-0.25, -0.2) is 4.79 Å². The Morgan fingerprint density at radius 2 is 2.55 bits per heavy atom. The van der Waals surface area contributed by atoms with Gasteiger partial charge in [0.15, 0.2) is 0 Å². The van der Waals surface area contributed by atoms with Gasteiger partial charge in [0.2, 0.25) is 0 Å². The summed E-state index contributed by atoms with van der Waals surface area (Å²) >= 11 is 0. The molecule has 11 heavy (non-hydrogen) atoms. The molecule has 0 aromatic heterocycles. The third-order valence-electron chi connectivity index (χ3n) is 1.82. The average Bonchev–Trinajstić information content (AvgIpc) is 2.01. The first-order valence-corrected chi connectivity index (χ1v) is 4.20. The lowest BCUT2D eigenvalue weighted by Crippen LogP contribution is -2.19. The smallest absolute Gasteiger partial charge is 0.330 e. The Morgan fingerprint density at radius 3 is 3.18 bits per heavy atom. The SMILES string of the molecule is CCCCC1CC=CC(=O)O1. The summed E-state index contributed by atoms with van der Waals surface area (Å²) < 4.78 is 5.06. The lowest BCUT2D eigenvalue weighted by molar-refractivity contribution is -0.144. The van der Waals surface area contributed by atoms with Crippen LogP contribution >= 0.6 is 0 Å². The molecule has 1 aliphatic heterocycles. The van der Waals surface area contributed by atoms with Crippen LogP contribution in [0.3, 0.4) is 0 Å². The maximum Gasteiger partial charge on any atom is 0.330 e. The Morgan fingerprint density at radius 1 is 1.73 bits per heavy atom. The number of cyclic esters (lactones) is 1. The third-order valence-corrected chi connectivity index (χ3v) is 1.82.